The Balaban J connectivity index is 1.59. The zero-order valence-electron chi connectivity index (χ0n) is 15.5. The normalized spacial score (nSPS) is 15.6. The van der Waals surface area contributed by atoms with Gasteiger partial charge in [-0.05, 0) is 80.2 Å². The molecule has 1 nitrogen and oxygen atoms in total. The number of aryl methyl sites for hydroxylation is 1. The second-order valence-electron chi connectivity index (χ2n) is 7.29. The average molecular weight is 350 g/mol. The van der Waals surface area contributed by atoms with Crippen LogP contribution in [-0.2, 0) is 0 Å². The van der Waals surface area contributed by atoms with E-state index in [1.807, 2.05) is 6.08 Å². The van der Waals surface area contributed by atoms with Crippen LogP contribution < -0.4 is 0 Å². The van der Waals surface area contributed by atoms with E-state index in [1.165, 1.54) is 24.0 Å². The van der Waals surface area contributed by atoms with Gasteiger partial charge < -0.3 is 5.11 Å². The van der Waals surface area contributed by atoms with E-state index in [0.29, 0.717) is 18.1 Å². The van der Waals surface area contributed by atoms with Gasteiger partial charge in [0.05, 0.1) is 5.76 Å². The van der Waals surface area contributed by atoms with Crippen molar-refractivity contribution in [3.05, 3.63) is 93.8 Å². The van der Waals surface area contributed by atoms with Gasteiger partial charge in [-0.3, -0.25) is 0 Å². The molecule has 2 aliphatic carbocycles. The van der Waals surface area contributed by atoms with Gasteiger partial charge in [-0.25, -0.2) is 0 Å². The number of rotatable bonds is 1. The van der Waals surface area contributed by atoms with Crippen LogP contribution in [0.15, 0.2) is 65.9 Å². The van der Waals surface area contributed by atoms with Crippen LogP contribution in [0.3, 0.4) is 0 Å². The summed E-state index contributed by atoms with van der Waals surface area (Å²) in [7, 11) is 0. The molecular weight excluding hydrogens is 328 g/mol. The van der Waals surface area contributed by atoms with Crippen LogP contribution in [-0.4, -0.2) is 5.11 Å². The Hall–Kier alpha value is -3.16. The Morgan fingerprint density at radius 1 is 0.815 bits per heavy atom. The van der Waals surface area contributed by atoms with Crippen LogP contribution in [0.4, 0.5) is 0 Å². The summed E-state index contributed by atoms with van der Waals surface area (Å²) in [6, 6.07) is 14.7. The lowest BCUT2D eigenvalue weighted by Gasteiger charge is -2.06. The van der Waals surface area contributed by atoms with Crippen LogP contribution >= 0.6 is 0 Å². The van der Waals surface area contributed by atoms with Gasteiger partial charge in [0.15, 0.2) is 0 Å². The molecule has 2 aromatic rings. The molecule has 132 valence electrons. The molecule has 1 saturated carbocycles. The quantitative estimate of drug-likeness (QED) is 0.646. The fourth-order valence-electron chi connectivity index (χ4n) is 3.15. The molecule has 0 amide bonds. The first-order chi connectivity index (χ1) is 13.2. The van der Waals surface area contributed by atoms with Crippen molar-refractivity contribution in [3.8, 4) is 23.7 Å². The van der Waals surface area contributed by atoms with Gasteiger partial charge >= 0.3 is 0 Å². The lowest BCUT2D eigenvalue weighted by atomic mass is 9.99. The first kappa shape index (κ1) is 17.3. The Morgan fingerprint density at radius 2 is 1.56 bits per heavy atom. The van der Waals surface area contributed by atoms with Crippen LogP contribution in [0.1, 0.15) is 59.4 Å². The van der Waals surface area contributed by atoms with Crippen molar-refractivity contribution in [1.82, 2.24) is 0 Å². The highest BCUT2D eigenvalue weighted by Crippen LogP contribution is 2.41. The molecule has 1 fully saturated rings. The average Bonchev–Trinajstić information content (AvgIpc) is 3.53. The molecule has 27 heavy (non-hydrogen) atoms. The van der Waals surface area contributed by atoms with E-state index in [-0.39, 0.29) is 0 Å². The first-order valence-electron chi connectivity index (χ1n) is 9.51. The second-order valence-corrected chi connectivity index (χ2v) is 7.29. The predicted molar refractivity (Wildman–Crippen MR) is 110 cm³/mol. The zero-order chi connectivity index (χ0) is 18.6. The Labute approximate surface area is 161 Å². The number of allylic oxidation sites excluding steroid dienone is 4. The molecule has 2 aromatic carbocycles. The van der Waals surface area contributed by atoms with Crippen molar-refractivity contribution in [2.24, 2.45) is 0 Å². The summed E-state index contributed by atoms with van der Waals surface area (Å²) in [6.07, 6.45) is 7.65. The minimum atomic E-state index is 0.440. The van der Waals surface area contributed by atoms with E-state index < -0.39 is 0 Å². The van der Waals surface area contributed by atoms with E-state index in [1.54, 1.807) is 6.08 Å². The third-order valence-corrected chi connectivity index (χ3v) is 4.96. The largest absolute Gasteiger partial charge is 0.512 e. The minimum absolute atomic E-state index is 0.440. The van der Waals surface area contributed by atoms with Crippen LogP contribution in [0, 0.1) is 30.6 Å². The van der Waals surface area contributed by atoms with Crippen molar-refractivity contribution in [2.75, 3.05) is 0 Å². The molecule has 0 unspecified atom stereocenters. The van der Waals surface area contributed by atoms with E-state index in [0.717, 1.165) is 28.7 Å². The Kier molecular flexibility index (Phi) is 4.86. The third kappa shape index (κ3) is 4.52. The van der Waals surface area contributed by atoms with Gasteiger partial charge in [-0.1, -0.05) is 41.4 Å². The first-order valence-corrected chi connectivity index (χ1v) is 9.51. The van der Waals surface area contributed by atoms with Crippen molar-refractivity contribution in [1.29, 1.82) is 0 Å². The lowest BCUT2D eigenvalue weighted by molar-refractivity contribution is 0.386. The van der Waals surface area contributed by atoms with Crippen molar-refractivity contribution in [2.45, 2.75) is 38.5 Å². The van der Waals surface area contributed by atoms with Crippen molar-refractivity contribution in [3.63, 3.8) is 0 Å². The third-order valence-electron chi connectivity index (χ3n) is 4.96. The van der Waals surface area contributed by atoms with E-state index in [9.17, 15) is 5.11 Å². The fraction of sp³-hybridized carbons (Fsp3) is 0.231. The number of aliphatic hydroxyl groups is 1. The molecule has 2 aliphatic rings. The smallest absolute Gasteiger partial charge is 0.0926 e. The van der Waals surface area contributed by atoms with Gasteiger partial charge in [0.1, 0.15) is 0 Å². The molecule has 0 saturated heterocycles. The summed E-state index contributed by atoms with van der Waals surface area (Å²) in [5, 5.41) is 9.47. The number of aliphatic hydroxyl groups excluding tert-OH is 1. The Morgan fingerprint density at radius 3 is 2.26 bits per heavy atom. The number of hydrogen-bond donors (Lipinski definition) is 1. The summed E-state index contributed by atoms with van der Waals surface area (Å²) in [4.78, 5) is 0. The zero-order valence-corrected chi connectivity index (χ0v) is 15.5. The molecule has 0 aliphatic heterocycles. The maximum atomic E-state index is 9.47. The van der Waals surface area contributed by atoms with E-state index >= 15 is 0 Å². The van der Waals surface area contributed by atoms with Gasteiger partial charge in [0, 0.05) is 28.7 Å². The molecule has 0 heterocycles. The summed E-state index contributed by atoms with van der Waals surface area (Å²) >= 11 is 0. The number of benzene rings is 2. The molecule has 1 N–H and O–H groups in total. The van der Waals surface area contributed by atoms with E-state index in [4.69, 9.17) is 0 Å². The molecule has 4 rings (SSSR count). The molecule has 0 radical (unpaired) electrons. The fourth-order valence-corrected chi connectivity index (χ4v) is 3.15. The molecule has 0 bridgehead atoms. The molecule has 1 heteroatoms. The summed E-state index contributed by atoms with van der Waals surface area (Å²) in [5.74, 6) is 14.3. The molecule has 0 spiro atoms. The summed E-state index contributed by atoms with van der Waals surface area (Å²) in [6.45, 7) is 2.08. The second kappa shape index (κ2) is 7.61. The van der Waals surface area contributed by atoms with Crippen LogP contribution in [0.25, 0.3) is 0 Å². The standard InChI is InChI=1S/C26H22O/c1-19-2-4-20(5-3-19)6-7-22-9-13-23(26(18-22)24-14-15-24)12-8-21-10-16-25(27)17-11-21/h2-5,9-10,13,16,18,24,27H,11,14-15,17H2,1H3. The van der Waals surface area contributed by atoms with Gasteiger partial charge in [-0.2, -0.15) is 0 Å². The van der Waals surface area contributed by atoms with Crippen molar-refractivity contribution >= 4 is 0 Å². The monoisotopic (exact) mass is 350 g/mol. The van der Waals surface area contributed by atoms with Gasteiger partial charge in [0.2, 0.25) is 0 Å². The lowest BCUT2D eigenvalue weighted by Crippen LogP contribution is -1.92. The highest BCUT2D eigenvalue weighted by atomic mass is 16.3. The molecule has 0 aromatic heterocycles. The van der Waals surface area contributed by atoms with Crippen LogP contribution in [0.2, 0.25) is 0 Å². The predicted octanol–water partition coefficient (Wildman–Crippen LogP) is 5.79. The SMILES string of the molecule is Cc1ccc(C#Cc2ccc(C#CC3=CC=C(O)CC3)c(C3CC3)c2)cc1. The topological polar surface area (TPSA) is 20.2 Å². The summed E-state index contributed by atoms with van der Waals surface area (Å²) in [5.41, 5.74) is 6.85. The number of hydrogen-bond acceptors (Lipinski definition) is 1. The maximum Gasteiger partial charge on any atom is 0.0926 e. The molecule has 0 atom stereocenters. The highest BCUT2D eigenvalue weighted by Gasteiger charge is 2.25. The van der Waals surface area contributed by atoms with E-state index in [2.05, 4.69) is 73.1 Å². The summed E-state index contributed by atoms with van der Waals surface area (Å²) < 4.78 is 0. The minimum Gasteiger partial charge on any atom is -0.512 e. The van der Waals surface area contributed by atoms with Gasteiger partial charge in [0.25, 0.3) is 0 Å². The van der Waals surface area contributed by atoms with Gasteiger partial charge in [-0.15, -0.1) is 0 Å². The maximum absolute atomic E-state index is 9.47. The van der Waals surface area contributed by atoms with Crippen LogP contribution in [0.5, 0.6) is 0 Å². The Bertz CT molecular complexity index is 1040. The highest BCUT2D eigenvalue weighted by molar-refractivity contribution is 5.53. The van der Waals surface area contributed by atoms with Crippen molar-refractivity contribution < 1.29 is 5.11 Å². The molecular formula is C26H22O.